The summed E-state index contributed by atoms with van der Waals surface area (Å²) in [4.78, 5) is 12.5. The zero-order chi connectivity index (χ0) is 42.4. The average Bonchev–Trinajstić information content (AvgIpc) is 3.23. The van der Waals surface area contributed by atoms with Gasteiger partial charge >= 0.3 is 0 Å². The summed E-state index contributed by atoms with van der Waals surface area (Å²) >= 11 is 0. The van der Waals surface area contributed by atoms with Crippen molar-refractivity contribution in [1.82, 2.24) is 5.32 Å². The third-order valence-corrected chi connectivity index (χ3v) is 11.5. The minimum absolute atomic E-state index is 0.343. The fourth-order valence-corrected chi connectivity index (χ4v) is 7.49. The molecule has 0 aliphatic heterocycles. The van der Waals surface area contributed by atoms with Crippen LogP contribution in [0.5, 0.6) is 0 Å². The first-order chi connectivity index (χ1) is 28.5. The van der Waals surface area contributed by atoms with E-state index in [9.17, 15) is 25.2 Å². The number of carbonyl (C=O) groups is 1. The van der Waals surface area contributed by atoms with Crippen molar-refractivity contribution in [3.05, 3.63) is 48.6 Å². The first-order valence-corrected chi connectivity index (χ1v) is 25.0. The van der Waals surface area contributed by atoms with E-state index < -0.39 is 36.9 Å². The lowest BCUT2D eigenvalue weighted by molar-refractivity contribution is -0.132. The Morgan fingerprint density at radius 3 is 1.09 bits per heavy atom. The van der Waals surface area contributed by atoms with Gasteiger partial charge in [0.1, 0.15) is 12.2 Å². The standard InChI is InChI=1S/C52H97NO5/c1-3-5-7-9-11-13-15-17-19-21-22-23-24-25-26-27-28-30-31-33-35-37-39-41-43-45-49(55)51(57)48(47-54)53-52(58)50(56)46-44-42-40-38-36-34-32-29-20-18-16-14-12-10-8-6-4-2/h25-26,30-32,34,37,39,48-51,54-57H,3-24,27-29,33,35-36,38,40-47H2,1-2H3,(H,53,58)/b26-25+,31-30+,34-32-,39-37+. The molecule has 4 unspecified atom stereocenters. The minimum atomic E-state index is -1.30. The lowest BCUT2D eigenvalue weighted by atomic mass is 10.00. The summed E-state index contributed by atoms with van der Waals surface area (Å²) in [5.41, 5.74) is 0. The molecule has 1 amide bonds. The van der Waals surface area contributed by atoms with Gasteiger partial charge in [0.25, 0.3) is 0 Å². The van der Waals surface area contributed by atoms with Crippen LogP contribution in [-0.2, 0) is 4.79 Å². The van der Waals surface area contributed by atoms with E-state index in [1.54, 1.807) is 0 Å². The summed E-state index contributed by atoms with van der Waals surface area (Å²) in [6.45, 7) is 4.04. The predicted molar refractivity (Wildman–Crippen MR) is 251 cm³/mol. The Labute approximate surface area is 359 Å². The smallest absolute Gasteiger partial charge is 0.249 e. The Morgan fingerprint density at radius 1 is 0.414 bits per heavy atom. The van der Waals surface area contributed by atoms with Crippen LogP contribution in [0.2, 0.25) is 0 Å². The highest BCUT2D eigenvalue weighted by Crippen LogP contribution is 2.15. The van der Waals surface area contributed by atoms with Crippen LogP contribution in [-0.4, -0.2) is 57.3 Å². The largest absolute Gasteiger partial charge is 0.394 e. The van der Waals surface area contributed by atoms with Crippen molar-refractivity contribution in [2.24, 2.45) is 0 Å². The van der Waals surface area contributed by atoms with Gasteiger partial charge in [-0.05, 0) is 89.9 Å². The van der Waals surface area contributed by atoms with Crippen molar-refractivity contribution in [1.29, 1.82) is 0 Å². The Kier molecular flexibility index (Phi) is 45.0. The molecule has 0 radical (unpaired) electrons. The summed E-state index contributed by atoms with van der Waals surface area (Å²) in [6, 6.07) is -1.02. The van der Waals surface area contributed by atoms with E-state index in [0.29, 0.717) is 19.3 Å². The van der Waals surface area contributed by atoms with Crippen LogP contribution in [0.15, 0.2) is 48.6 Å². The van der Waals surface area contributed by atoms with Gasteiger partial charge < -0.3 is 25.7 Å². The van der Waals surface area contributed by atoms with Crippen LogP contribution in [0.4, 0.5) is 0 Å². The summed E-state index contributed by atoms with van der Waals surface area (Å²) in [5.74, 6) is -0.608. The van der Waals surface area contributed by atoms with Gasteiger partial charge in [-0.25, -0.2) is 0 Å². The molecule has 6 nitrogen and oxygen atoms in total. The second-order valence-corrected chi connectivity index (χ2v) is 17.1. The van der Waals surface area contributed by atoms with Gasteiger partial charge in [-0.3, -0.25) is 4.79 Å². The van der Waals surface area contributed by atoms with Crippen LogP contribution in [0.1, 0.15) is 245 Å². The van der Waals surface area contributed by atoms with Crippen molar-refractivity contribution >= 4 is 5.91 Å². The number of hydrogen-bond donors (Lipinski definition) is 5. The van der Waals surface area contributed by atoms with Crippen molar-refractivity contribution in [3.63, 3.8) is 0 Å². The van der Waals surface area contributed by atoms with Crippen molar-refractivity contribution in [2.45, 2.75) is 269 Å². The van der Waals surface area contributed by atoms with Crippen LogP contribution in [0, 0.1) is 0 Å². The van der Waals surface area contributed by atoms with Gasteiger partial charge in [-0.2, -0.15) is 0 Å². The Morgan fingerprint density at radius 2 is 0.724 bits per heavy atom. The third kappa shape index (κ3) is 39.7. The third-order valence-electron chi connectivity index (χ3n) is 11.5. The van der Waals surface area contributed by atoms with Gasteiger partial charge in [0.05, 0.1) is 18.8 Å². The fourth-order valence-electron chi connectivity index (χ4n) is 7.49. The molecule has 5 N–H and O–H groups in total. The number of nitrogens with one attached hydrogen (secondary N) is 1. The molecule has 0 fully saturated rings. The number of amides is 1. The van der Waals surface area contributed by atoms with Crippen LogP contribution in [0.25, 0.3) is 0 Å². The highest BCUT2D eigenvalue weighted by molar-refractivity contribution is 5.80. The van der Waals surface area contributed by atoms with Crippen molar-refractivity contribution in [3.8, 4) is 0 Å². The molecule has 0 saturated heterocycles. The highest BCUT2D eigenvalue weighted by atomic mass is 16.3. The number of carbonyl (C=O) groups excluding carboxylic acids is 1. The topological polar surface area (TPSA) is 110 Å². The molecule has 58 heavy (non-hydrogen) atoms. The fraction of sp³-hybridized carbons (Fsp3) is 0.827. The maximum atomic E-state index is 12.5. The lowest BCUT2D eigenvalue weighted by Gasteiger charge is -2.27. The van der Waals surface area contributed by atoms with Gasteiger partial charge in [0, 0.05) is 0 Å². The van der Waals surface area contributed by atoms with E-state index in [1.807, 2.05) is 0 Å². The van der Waals surface area contributed by atoms with Gasteiger partial charge in [-0.1, -0.05) is 204 Å². The number of aliphatic hydroxyl groups excluding tert-OH is 4. The van der Waals surface area contributed by atoms with Gasteiger partial charge in [0.15, 0.2) is 0 Å². The minimum Gasteiger partial charge on any atom is -0.394 e. The molecule has 0 aromatic heterocycles. The molecule has 0 aliphatic rings. The molecule has 6 heteroatoms. The second-order valence-electron chi connectivity index (χ2n) is 17.1. The molecule has 0 bridgehead atoms. The zero-order valence-corrected chi connectivity index (χ0v) is 38.3. The highest BCUT2D eigenvalue weighted by Gasteiger charge is 2.28. The molecule has 0 aromatic rings. The van der Waals surface area contributed by atoms with Crippen LogP contribution < -0.4 is 5.32 Å². The summed E-state index contributed by atoms with van der Waals surface area (Å²) < 4.78 is 0. The number of hydrogen-bond acceptors (Lipinski definition) is 5. The van der Waals surface area contributed by atoms with E-state index in [4.69, 9.17) is 0 Å². The Bertz CT molecular complexity index is 961. The molecule has 0 spiro atoms. The molecule has 340 valence electrons. The monoisotopic (exact) mass is 816 g/mol. The first-order valence-electron chi connectivity index (χ1n) is 25.0. The molecule has 0 aromatic carbocycles. The first kappa shape index (κ1) is 56.3. The molecule has 0 heterocycles. The van der Waals surface area contributed by atoms with E-state index >= 15 is 0 Å². The molecular formula is C52H97NO5. The van der Waals surface area contributed by atoms with E-state index in [1.165, 1.54) is 148 Å². The number of unbranched alkanes of at least 4 members (excludes halogenated alkanes) is 28. The summed E-state index contributed by atoms with van der Waals surface area (Å²) in [7, 11) is 0. The number of aliphatic hydroxyl groups is 4. The molecule has 0 rings (SSSR count). The lowest BCUT2D eigenvalue weighted by Crippen LogP contribution is -2.53. The molecule has 0 saturated carbocycles. The van der Waals surface area contributed by atoms with E-state index in [2.05, 4.69) is 67.8 Å². The van der Waals surface area contributed by atoms with Crippen LogP contribution >= 0.6 is 0 Å². The number of rotatable bonds is 45. The van der Waals surface area contributed by atoms with Crippen molar-refractivity contribution in [2.75, 3.05) is 6.61 Å². The summed E-state index contributed by atoms with van der Waals surface area (Å²) in [6.07, 6.45) is 57.3. The second kappa shape index (κ2) is 46.3. The zero-order valence-electron chi connectivity index (χ0n) is 38.3. The predicted octanol–water partition coefficient (Wildman–Crippen LogP) is 13.9. The molecular weight excluding hydrogens is 719 g/mol. The van der Waals surface area contributed by atoms with Gasteiger partial charge in [-0.15, -0.1) is 0 Å². The SMILES string of the molecule is CCCCCCCCCCC/C=C\CCCCCCC(O)C(=O)NC(CO)C(O)C(O)CCC/C=C/CC/C=C/CC/C=C/CCCCCCCCCCCCCC. The van der Waals surface area contributed by atoms with Gasteiger partial charge in [0.2, 0.25) is 5.91 Å². The molecule has 4 atom stereocenters. The summed E-state index contributed by atoms with van der Waals surface area (Å²) in [5, 5.41) is 43.8. The Balaban J connectivity index is 3.79. The normalized spacial score (nSPS) is 14.4. The maximum absolute atomic E-state index is 12.5. The van der Waals surface area contributed by atoms with E-state index in [-0.39, 0.29) is 0 Å². The maximum Gasteiger partial charge on any atom is 0.249 e. The van der Waals surface area contributed by atoms with Crippen molar-refractivity contribution < 1.29 is 25.2 Å². The molecule has 0 aliphatic carbocycles. The average molecular weight is 816 g/mol. The quantitative estimate of drug-likeness (QED) is 0.0311. The van der Waals surface area contributed by atoms with Crippen LogP contribution in [0.3, 0.4) is 0 Å². The Hall–Kier alpha value is -1.73. The number of allylic oxidation sites excluding steroid dienone is 8. The van der Waals surface area contributed by atoms with E-state index in [0.717, 1.165) is 64.2 Å².